The van der Waals surface area contributed by atoms with Gasteiger partial charge < -0.3 is 10.6 Å². The van der Waals surface area contributed by atoms with Crippen LogP contribution >= 0.6 is 11.6 Å². The first-order valence-electron chi connectivity index (χ1n) is 8.27. The fourth-order valence-electron chi connectivity index (χ4n) is 2.51. The number of anilines is 1. The third-order valence-corrected chi connectivity index (χ3v) is 4.23. The zero-order valence-corrected chi connectivity index (χ0v) is 15.1. The summed E-state index contributed by atoms with van der Waals surface area (Å²) in [5.41, 5.74) is 2.99. The lowest BCUT2D eigenvalue weighted by molar-refractivity contribution is -0.116. The van der Waals surface area contributed by atoms with Gasteiger partial charge in [-0.15, -0.1) is 0 Å². The van der Waals surface area contributed by atoms with Gasteiger partial charge in [-0.3, -0.25) is 4.79 Å². The number of fused-ring (bicyclic) bond motifs is 1. The van der Waals surface area contributed by atoms with Crippen LogP contribution < -0.4 is 10.6 Å². The van der Waals surface area contributed by atoms with Crippen LogP contribution in [-0.2, 0) is 11.2 Å². The molecule has 1 amide bonds. The standard InChI is InChI=1S/C18H19ClFN5O/c1-12-2-3-14(20)8-16(12)24-17(26)5-7-21-6-4-13-9-22-18-15(19)10-23-25(18)11-13/h2-3,8-11,21H,4-7H2,1H3,(H,24,26). The van der Waals surface area contributed by atoms with Crippen molar-refractivity contribution in [2.24, 2.45) is 0 Å². The quantitative estimate of drug-likeness (QED) is 0.623. The molecule has 2 heterocycles. The summed E-state index contributed by atoms with van der Waals surface area (Å²) < 4.78 is 14.9. The molecule has 0 aliphatic carbocycles. The number of benzene rings is 1. The lowest BCUT2D eigenvalue weighted by atomic mass is 10.2. The molecule has 136 valence electrons. The van der Waals surface area contributed by atoms with E-state index in [1.165, 1.54) is 12.1 Å². The number of carbonyl (C=O) groups is 1. The average molecular weight is 376 g/mol. The minimum atomic E-state index is -0.368. The third-order valence-electron chi connectivity index (χ3n) is 3.96. The molecule has 0 atom stereocenters. The zero-order chi connectivity index (χ0) is 18.5. The first-order valence-corrected chi connectivity index (χ1v) is 8.65. The molecule has 0 bridgehead atoms. The molecule has 0 fully saturated rings. The van der Waals surface area contributed by atoms with Gasteiger partial charge in [-0.2, -0.15) is 5.10 Å². The summed E-state index contributed by atoms with van der Waals surface area (Å²) in [6.45, 7) is 3.06. The molecule has 1 aromatic carbocycles. The second-order valence-electron chi connectivity index (χ2n) is 5.98. The average Bonchev–Trinajstić information content (AvgIpc) is 2.98. The summed E-state index contributed by atoms with van der Waals surface area (Å²) in [6.07, 6.45) is 6.28. The Morgan fingerprint density at radius 3 is 3.00 bits per heavy atom. The van der Waals surface area contributed by atoms with Crippen LogP contribution in [0.5, 0.6) is 0 Å². The van der Waals surface area contributed by atoms with E-state index in [1.807, 2.05) is 13.1 Å². The van der Waals surface area contributed by atoms with E-state index in [0.29, 0.717) is 35.9 Å². The fraction of sp³-hybridized carbons (Fsp3) is 0.278. The molecule has 2 N–H and O–H groups in total. The van der Waals surface area contributed by atoms with E-state index in [2.05, 4.69) is 20.7 Å². The highest BCUT2D eigenvalue weighted by atomic mass is 35.5. The van der Waals surface area contributed by atoms with Crippen LogP contribution in [0.25, 0.3) is 5.65 Å². The van der Waals surface area contributed by atoms with Gasteiger partial charge >= 0.3 is 0 Å². The molecule has 6 nitrogen and oxygen atoms in total. The van der Waals surface area contributed by atoms with Gasteiger partial charge in [-0.25, -0.2) is 13.9 Å². The number of halogens is 2. The Balaban J connectivity index is 1.40. The van der Waals surface area contributed by atoms with Crippen molar-refractivity contribution in [3.8, 4) is 0 Å². The number of hydrogen-bond donors (Lipinski definition) is 2. The van der Waals surface area contributed by atoms with Crippen molar-refractivity contribution in [2.75, 3.05) is 18.4 Å². The summed E-state index contributed by atoms with van der Waals surface area (Å²) in [5, 5.41) is 10.6. The molecular formula is C18H19ClFN5O. The van der Waals surface area contributed by atoms with Gasteiger partial charge in [0.05, 0.1) is 6.20 Å². The van der Waals surface area contributed by atoms with E-state index in [1.54, 1.807) is 23.0 Å². The molecule has 0 aliphatic heterocycles. The predicted molar refractivity (Wildman–Crippen MR) is 99.0 cm³/mol. The number of nitrogens with zero attached hydrogens (tertiary/aromatic N) is 3. The highest BCUT2D eigenvalue weighted by Crippen LogP contribution is 2.16. The summed E-state index contributed by atoms with van der Waals surface area (Å²) >= 11 is 5.96. The smallest absolute Gasteiger partial charge is 0.225 e. The lowest BCUT2D eigenvalue weighted by Gasteiger charge is -2.09. The molecule has 8 heteroatoms. The monoisotopic (exact) mass is 375 g/mol. The Morgan fingerprint density at radius 2 is 2.15 bits per heavy atom. The molecule has 0 saturated heterocycles. The number of aryl methyl sites for hydroxylation is 1. The maximum absolute atomic E-state index is 13.2. The number of carbonyl (C=O) groups excluding carboxylic acids is 1. The van der Waals surface area contributed by atoms with E-state index in [-0.39, 0.29) is 11.7 Å². The highest BCUT2D eigenvalue weighted by molar-refractivity contribution is 6.33. The van der Waals surface area contributed by atoms with Crippen molar-refractivity contribution in [1.82, 2.24) is 19.9 Å². The Kier molecular flexibility index (Phi) is 5.80. The second kappa shape index (κ2) is 8.25. The molecule has 0 spiro atoms. The van der Waals surface area contributed by atoms with Gasteiger partial charge in [0.2, 0.25) is 5.91 Å². The molecule has 0 saturated carbocycles. The number of amides is 1. The van der Waals surface area contributed by atoms with E-state index < -0.39 is 0 Å². The predicted octanol–water partition coefficient (Wildman–Crippen LogP) is 2.99. The van der Waals surface area contributed by atoms with Crippen molar-refractivity contribution < 1.29 is 9.18 Å². The van der Waals surface area contributed by atoms with Crippen molar-refractivity contribution in [3.05, 3.63) is 58.8 Å². The van der Waals surface area contributed by atoms with Crippen LogP contribution in [0.15, 0.2) is 36.8 Å². The van der Waals surface area contributed by atoms with Crippen LogP contribution in [0.4, 0.5) is 10.1 Å². The molecule has 26 heavy (non-hydrogen) atoms. The molecule has 0 unspecified atom stereocenters. The largest absolute Gasteiger partial charge is 0.326 e. The Hall–Kier alpha value is -2.51. The molecule has 3 rings (SSSR count). The SMILES string of the molecule is Cc1ccc(F)cc1NC(=O)CCNCCc1cnc2c(Cl)cnn2c1. The van der Waals surface area contributed by atoms with E-state index in [9.17, 15) is 9.18 Å². The van der Waals surface area contributed by atoms with Crippen molar-refractivity contribution >= 4 is 28.8 Å². The Morgan fingerprint density at radius 1 is 1.31 bits per heavy atom. The molecular weight excluding hydrogens is 357 g/mol. The van der Waals surface area contributed by atoms with Crippen LogP contribution in [0.2, 0.25) is 5.02 Å². The van der Waals surface area contributed by atoms with Gasteiger partial charge in [0.15, 0.2) is 5.65 Å². The van der Waals surface area contributed by atoms with Crippen molar-refractivity contribution in [3.63, 3.8) is 0 Å². The third kappa shape index (κ3) is 4.56. The maximum Gasteiger partial charge on any atom is 0.225 e. The van der Waals surface area contributed by atoms with Gasteiger partial charge in [0.25, 0.3) is 0 Å². The Labute approximate surface area is 155 Å². The Bertz CT molecular complexity index is 927. The number of aromatic nitrogens is 3. The van der Waals surface area contributed by atoms with Crippen LogP contribution in [0, 0.1) is 12.7 Å². The molecule has 2 aromatic heterocycles. The van der Waals surface area contributed by atoms with Crippen molar-refractivity contribution in [1.29, 1.82) is 0 Å². The van der Waals surface area contributed by atoms with Gasteiger partial charge in [0, 0.05) is 31.0 Å². The minimum Gasteiger partial charge on any atom is -0.326 e. The normalized spacial score (nSPS) is 11.0. The molecule has 0 aliphatic rings. The van der Waals surface area contributed by atoms with Crippen LogP contribution in [0.3, 0.4) is 0 Å². The summed E-state index contributed by atoms with van der Waals surface area (Å²) in [7, 11) is 0. The summed E-state index contributed by atoms with van der Waals surface area (Å²) in [6, 6.07) is 4.34. The lowest BCUT2D eigenvalue weighted by Crippen LogP contribution is -2.24. The van der Waals surface area contributed by atoms with E-state index in [0.717, 1.165) is 17.5 Å². The maximum atomic E-state index is 13.2. The van der Waals surface area contributed by atoms with Gasteiger partial charge in [0.1, 0.15) is 10.8 Å². The number of nitrogens with one attached hydrogen (secondary N) is 2. The van der Waals surface area contributed by atoms with E-state index >= 15 is 0 Å². The highest BCUT2D eigenvalue weighted by Gasteiger charge is 2.06. The molecule has 3 aromatic rings. The zero-order valence-electron chi connectivity index (χ0n) is 14.3. The first kappa shape index (κ1) is 18.3. The summed E-state index contributed by atoms with van der Waals surface area (Å²) in [5.74, 6) is -0.520. The second-order valence-corrected chi connectivity index (χ2v) is 6.39. The van der Waals surface area contributed by atoms with Gasteiger partial charge in [-0.05, 0) is 43.1 Å². The number of hydrogen-bond acceptors (Lipinski definition) is 4. The minimum absolute atomic E-state index is 0.152. The topological polar surface area (TPSA) is 71.3 Å². The van der Waals surface area contributed by atoms with Crippen LogP contribution in [0.1, 0.15) is 17.5 Å². The molecule has 0 radical (unpaired) electrons. The van der Waals surface area contributed by atoms with Crippen LogP contribution in [-0.4, -0.2) is 33.6 Å². The number of rotatable bonds is 7. The fourth-order valence-corrected chi connectivity index (χ4v) is 2.69. The summed E-state index contributed by atoms with van der Waals surface area (Å²) in [4.78, 5) is 16.2. The van der Waals surface area contributed by atoms with Crippen molar-refractivity contribution in [2.45, 2.75) is 19.8 Å². The van der Waals surface area contributed by atoms with Gasteiger partial charge in [-0.1, -0.05) is 17.7 Å². The van der Waals surface area contributed by atoms with E-state index in [4.69, 9.17) is 11.6 Å². The first-order chi connectivity index (χ1) is 12.5.